The number of aromatic nitrogens is 6. The second-order valence-electron chi connectivity index (χ2n) is 13.9. The van der Waals surface area contributed by atoms with Gasteiger partial charge in [-0.25, -0.2) is 24.1 Å². The number of amides is 2. The molecule has 2 fully saturated rings. The molecule has 2 N–H and O–H groups in total. The van der Waals surface area contributed by atoms with Gasteiger partial charge in [0.05, 0.1) is 29.9 Å². The maximum Gasteiger partial charge on any atom is 0.356 e. The Hall–Kier alpha value is -7.10. The van der Waals surface area contributed by atoms with E-state index < -0.39 is 23.1 Å². The first-order valence-electron chi connectivity index (χ1n) is 18.4. The van der Waals surface area contributed by atoms with Gasteiger partial charge in [0.1, 0.15) is 5.15 Å². The summed E-state index contributed by atoms with van der Waals surface area (Å²) < 4.78 is 8.16. The highest BCUT2D eigenvalue weighted by Gasteiger charge is 2.43. The average Bonchev–Trinajstić information content (AvgIpc) is 4.09. The number of halogens is 1. The Morgan fingerprint density at radius 3 is 1.64 bits per heavy atom. The molecule has 2 amide bonds. The summed E-state index contributed by atoms with van der Waals surface area (Å²) in [6.07, 6.45) is 7.49. The van der Waals surface area contributed by atoms with E-state index in [1.54, 1.807) is 84.5 Å². The molecule has 14 nitrogen and oxygen atoms in total. The normalized spacial score (nSPS) is 18.3. The fourth-order valence-corrected chi connectivity index (χ4v) is 6.62. The Labute approximate surface area is 344 Å². The molecule has 2 saturated heterocycles. The summed E-state index contributed by atoms with van der Waals surface area (Å²) in [6, 6.07) is 25.3. The van der Waals surface area contributed by atoms with Crippen LogP contribution in [0.2, 0.25) is 5.15 Å². The molecule has 6 aromatic rings. The maximum absolute atomic E-state index is 12.1. The van der Waals surface area contributed by atoms with Crippen molar-refractivity contribution in [3.8, 4) is 57.6 Å². The summed E-state index contributed by atoms with van der Waals surface area (Å²) in [7, 11) is 4.59. The number of esters is 1. The van der Waals surface area contributed by atoms with Crippen molar-refractivity contribution in [2.45, 2.75) is 24.0 Å². The summed E-state index contributed by atoms with van der Waals surface area (Å²) >= 11 is 6.20. The number of ether oxygens (including phenoxy) is 1. The fraction of sp³-hybridized carbons (Fsp3) is 0.205. The summed E-state index contributed by atoms with van der Waals surface area (Å²) in [5.74, 6) is 9.94. The highest BCUT2D eigenvalue weighted by molar-refractivity contribution is 6.29. The zero-order valence-corrected chi connectivity index (χ0v) is 33.0. The molecule has 2 aromatic carbocycles. The van der Waals surface area contributed by atoms with Crippen molar-refractivity contribution in [2.75, 3.05) is 34.3 Å². The summed E-state index contributed by atoms with van der Waals surface area (Å²) in [5, 5.41) is 29.7. The van der Waals surface area contributed by atoms with Crippen LogP contribution in [0.25, 0.3) is 33.9 Å². The van der Waals surface area contributed by atoms with E-state index in [1.165, 1.54) is 16.9 Å². The van der Waals surface area contributed by atoms with Gasteiger partial charge in [-0.1, -0.05) is 59.5 Å². The summed E-state index contributed by atoms with van der Waals surface area (Å²) in [5.41, 5.74) is 2.35. The Kier molecular flexibility index (Phi) is 11.4. The van der Waals surface area contributed by atoms with Crippen LogP contribution in [0.1, 0.15) is 34.5 Å². The molecule has 15 heteroatoms. The standard InChI is InChI=1S/C23H20N4O4.C21H17ClN4O2/c1-26-12-9-23(30,22(26)29)8-7-16-5-3-6-17(13-16)19-14-18(27-11-4-10-24-27)15-20(25-19)21(28)31-2;1-25-11-8-21(28,20(25)27)7-6-15-4-2-5-16(12-15)18-13-17(14-19(22)24-18)26-10-3-9-23-26/h3-6,10-11,13-15,30H,9,12H2,1-2H3;2-5,9-10,12-14,28H,8,11H2,1H3/t23-;21-/m00/s1. The predicted molar refractivity (Wildman–Crippen MR) is 218 cm³/mol. The highest BCUT2D eigenvalue weighted by Crippen LogP contribution is 2.26. The molecule has 0 spiro atoms. The molecule has 0 saturated carbocycles. The van der Waals surface area contributed by atoms with E-state index in [4.69, 9.17) is 16.3 Å². The average molecular weight is 809 g/mol. The third-order valence-corrected chi connectivity index (χ3v) is 9.88. The Morgan fingerprint density at radius 2 is 1.20 bits per heavy atom. The molecule has 4 aromatic heterocycles. The molecule has 0 aliphatic carbocycles. The minimum atomic E-state index is -1.67. The van der Waals surface area contributed by atoms with Gasteiger partial charge in [-0.2, -0.15) is 10.2 Å². The fourth-order valence-electron chi connectivity index (χ4n) is 6.42. The minimum Gasteiger partial charge on any atom is -0.464 e. The summed E-state index contributed by atoms with van der Waals surface area (Å²) in [6.45, 7) is 0.956. The van der Waals surface area contributed by atoms with Crippen molar-refractivity contribution in [3.05, 3.63) is 132 Å². The summed E-state index contributed by atoms with van der Waals surface area (Å²) in [4.78, 5) is 48.1. The van der Waals surface area contributed by atoms with Gasteiger partial charge in [0.2, 0.25) is 11.2 Å². The van der Waals surface area contributed by atoms with Crippen molar-refractivity contribution in [1.82, 2.24) is 39.3 Å². The lowest BCUT2D eigenvalue weighted by molar-refractivity contribution is -0.138. The molecule has 2 atom stereocenters. The second kappa shape index (κ2) is 16.8. The lowest BCUT2D eigenvalue weighted by Crippen LogP contribution is -2.37. The SMILES string of the molecule is CN1CC[C@@](O)(C#Cc2cccc(-c3cc(-n4cccn4)cc(Cl)n3)c2)C1=O.COC(=O)c1cc(-n2cccn2)cc(-c2cccc(C#C[C@]3(O)CCN(C)C3=O)c2)n1. The third kappa shape index (κ3) is 8.91. The lowest BCUT2D eigenvalue weighted by atomic mass is 10.0. The van der Waals surface area contributed by atoms with Crippen molar-refractivity contribution < 1.29 is 29.3 Å². The zero-order valence-electron chi connectivity index (χ0n) is 32.2. The maximum atomic E-state index is 12.1. The molecule has 8 rings (SSSR count). The monoisotopic (exact) mass is 808 g/mol. The molecule has 0 radical (unpaired) electrons. The van der Waals surface area contributed by atoms with Gasteiger partial charge in [-0.3, -0.25) is 9.59 Å². The molecular weight excluding hydrogens is 772 g/mol. The van der Waals surface area contributed by atoms with Gasteiger partial charge in [0.15, 0.2) is 5.69 Å². The van der Waals surface area contributed by atoms with Crippen LogP contribution < -0.4 is 0 Å². The van der Waals surface area contributed by atoms with Crippen LogP contribution >= 0.6 is 11.6 Å². The number of carbonyl (C=O) groups is 3. The van der Waals surface area contributed by atoms with Gasteiger partial charge >= 0.3 is 5.97 Å². The number of benzene rings is 2. The van der Waals surface area contributed by atoms with E-state index in [2.05, 4.69) is 43.8 Å². The number of methoxy groups -OCH3 is 1. The number of likely N-dealkylation sites (tertiary alicyclic amines) is 2. The number of aliphatic hydroxyl groups is 2. The second-order valence-corrected chi connectivity index (χ2v) is 14.2. The molecule has 59 heavy (non-hydrogen) atoms. The van der Waals surface area contributed by atoms with E-state index in [0.29, 0.717) is 58.4 Å². The smallest absolute Gasteiger partial charge is 0.356 e. The van der Waals surface area contributed by atoms with E-state index >= 15 is 0 Å². The van der Waals surface area contributed by atoms with Crippen molar-refractivity contribution >= 4 is 29.4 Å². The van der Waals surface area contributed by atoms with Crippen LogP contribution in [-0.2, 0) is 14.3 Å². The van der Waals surface area contributed by atoms with Crippen molar-refractivity contribution in [1.29, 1.82) is 0 Å². The topological polar surface area (TPSA) is 169 Å². The predicted octanol–water partition coefficient (Wildman–Crippen LogP) is 4.20. The number of hydrogen-bond donors (Lipinski definition) is 2. The quantitative estimate of drug-likeness (QED) is 0.146. The lowest BCUT2D eigenvalue weighted by Gasteiger charge is -2.13. The zero-order chi connectivity index (χ0) is 41.7. The molecule has 2 aliphatic heterocycles. The van der Waals surface area contributed by atoms with E-state index in [-0.39, 0.29) is 18.0 Å². The number of nitrogens with zero attached hydrogens (tertiary/aromatic N) is 8. The van der Waals surface area contributed by atoms with Crippen LogP contribution in [0, 0.1) is 23.7 Å². The molecule has 0 unspecified atom stereocenters. The first-order valence-corrected chi connectivity index (χ1v) is 18.7. The number of hydrogen-bond acceptors (Lipinski definition) is 10. The Balaban J connectivity index is 0.000000180. The van der Waals surface area contributed by atoms with Gasteiger partial charge in [0.25, 0.3) is 11.8 Å². The first-order chi connectivity index (χ1) is 28.3. The van der Waals surface area contributed by atoms with Crippen LogP contribution in [0.5, 0.6) is 0 Å². The van der Waals surface area contributed by atoms with Gasteiger partial charge < -0.3 is 24.7 Å². The van der Waals surface area contributed by atoms with Crippen LogP contribution in [0.15, 0.2) is 110 Å². The molecule has 296 valence electrons. The minimum absolute atomic E-state index is 0.149. The van der Waals surface area contributed by atoms with Crippen LogP contribution in [-0.4, -0.2) is 113 Å². The number of pyridine rings is 2. The van der Waals surface area contributed by atoms with E-state index in [1.807, 2.05) is 48.7 Å². The van der Waals surface area contributed by atoms with Crippen molar-refractivity contribution in [3.63, 3.8) is 0 Å². The Bertz CT molecular complexity index is 2680. The van der Waals surface area contributed by atoms with Crippen LogP contribution in [0.4, 0.5) is 0 Å². The van der Waals surface area contributed by atoms with E-state index in [0.717, 1.165) is 11.3 Å². The Morgan fingerprint density at radius 1 is 0.712 bits per heavy atom. The molecule has 6 heterocycles. The number of rotatable bonds is 5. The van der Waals surface area contributed by atoms with Crippen molar-refractivity contribution in [2.24, 2.45) is 0 Å². The van der Waals surface area contributed by atoms with Gasteiger partial charge in [-0.15, -0.1) is 0 Å². The molecule has 2 aliphatic rings. The third-order valence-electron chi connectivity index (χ3n) is 9.68. The molecule has 0 bridgehead atoms. The van der Waals surface area contributed by atoms with Gasteiger partial charge in [-0.05, 0) is 54.6 Å². The number of carbonyl (C=O) groups excluding carboxylic acids is 3. The largest absolute Gasteiger partial charge is 0.464 e. The highest BCUT2D eigenvalue weighted by atomic mass is 35.5. The number of likely N-dealkylation sites (N-methyl/N-ethyl adjacent to an activating group) is 2. The molecular formula is C44H37ClN8O6. The van der Waals surface area contributed by atoms with Crippen LogP contribution in [0.3, 0.4) is 0 Å². The first kappa shape index (κ1) is 40.1. The van der Waals surface area contributed by atoms with E-state index in [9.17, 15) is 24.6 Å². The van der Waals surface area contributed by atoms with Gasteiger partial charge in [0, 0.05) is 93.1 Å².